The van der Waals surface area contributed by atoms with E-state index < -0.39 is 0 Å². The highest BCUT2D eigenvalue weighted by Crippen LogP contribution is 2.06. The predicted molar refractivity (Wildman–Crippen MR) is 64.0 cm³/mol. The zero-order valence-corrected chi connectivity index (χ0v) is 11.0. The Morgan fingerprint density at radius 3 is 2.00 bits per heavy atom. The van der Waals surface area contributed by atoms with E-state index in [4.69, 9.17) is 9.47 Å². The first kappa shape index (κ1) is 14.9. The Morgan fingerprint density at radius 1 is 1.07 bits per heavy atom. The number of nitrogens with zero attached hydrogens (tertiary/aromatic N) is 1. The van der Waals surface area contributed by atoms with Crippen molar-refractivity contribution in [3.8, 4) is 0 Å². The third-order valence-corrected chi connectivity index (χ3v) is 2.60. The molecule has 0 saturated carbocycles. The average molecular weight is 217 g/mol. The third-order valence-electron chi connectivity index (χ3n) is 2.60. The topological polar surface area (TPSA) is 21.7 Å². The summed E-state index contributed by atoms with van der Waals surface area (Å²) in [4.78, 5) is 2.31. The molecule has 0 N–H and O–H groups in total. The molecule has 1 unspecified atom stereocenters. The Bertz CT molecular complexity index is 136. The van der Waals surface area contributed by atoms with E-state index in [-0.39, 0.29) is 6.29 Å². The summed E-state index contributed by atoms with van der Waals surface area (Å²) in [5, 5.41) is 0. The van der Waals surface area contributed by atoms with E-state index in [9.17, 15) is 0 Å². The molecule has 3 nitrogen and oxygen atoms in total. The van der Waals surface area contributed by atoms with Gasteiger partial charge in [0.05, 0.1) is 0 Å². The van der Waals surface area contributed by atoms with Crippen molar-refractivity contribution in [2.24, 2.45) is 0 Å². The van der Waals surface area contributed by atoms with Crippen molar-refractivity contribution in [2.45, 2.75) is 52.9 Å². The molecule has 92 valence electrons. The molecule has 0 aliphatic rings. The molecule has 0 amide bonds. The summed E-state index contributed by atoms with van der Waals surface area (Å²) >= 11 is 0. The number of rotatable bonds is 9. The summed E-state index contributed by atoms with van der Waals surface area (Å²) in [5.41, 5.74) is 0. The maximum atomic E-state index is 5.52. The molecule has 0 spiro atoms. The molecular formula is C12H27NO2. The van der Waals surface area contributed by atoms with Gasteiger partial charge in [-0.25, -0.2) is 0 Å². The van der Waals surface area contributed by atoms with Crippen molar-refractivity contribution in [2.75, 3.05) is 26.8 Å². The Morgan fingerprint density at radius 2 is 1.60 bits per heavy atom. The fraction of sp³-hybridized carbons (Fsp3) is 1.00. The van der Waals surface area contributed by atoms with Crippen molar-refractivity contribution in [3.05, 3.63) is 0 Å². The van der Waals surface area contributed by atoms with Crippen LogP contribution < -0.4 is 0 Å². The minimum atomic E-state index is -0.0793. The minimum absolute atomic E-state index is 0.0793. The number of hydrogen-bond donors (Lipinski definition) is 0. The second kappa shape index (κ2) is 9.13. The average Bonchev–Trinajstić information content (AvgIpc) is 2.18. The Hall–Kier alpha value is -0.120. The predicted octanol–water partition coefficient (Wildman–Crippen LogP) is 2.51. The fourth-order valence-electron chi connectivity index (χ4n) is 1.58. The van der Waals surface area contributed by atoms with Gasteiger partial charge in [-0.05, 0) is 34.2 Å². The van der Waals surface area contributed by atoms with Crippen LogP contribution in [0.2, 0.25) is 0 Å². The summed E-state index contributed by atoms with van der Waals surface area (Å²) in [5.74, 6) is 0. The Labute approximate surface area is 94.7 Å². The fourth-order valence-corrected chi connectivity index (χ4v) is 1.58. The zero-order valence-electron chi connectivity index (χ0n) is 11.0. The molecule has 0 radical (unpaired) electrons. The molecule has 0 rings (SSSR count). The van der Waals surface area contributed by atoms with E-state index >= 15 is 0 Å². The van der Waals surface area contributed by atoms with Crippen LogP contribution >= 0.6 is 0 Å². The maximum absolute atomic E-state index is 5.52. The van der Waals surface area contributed by atoms with Gasteiger partial charge < -0.3 is 9.47 Å². The molecule has 0 bridgehead atoms. The van der Waals surface area contributed by atoms with Crippen LogP contribution in [-0.2, 0) is 9.47 Å². The molecule has 0 saturated heterocycles. The van der Waals surface area contributed by atoms with Crippen LogP contribution in [-0.4, -0.2) is 44.0 Å². The third kappa shape index (κ3) is 6.88. The summed E-state index contributed by atoms with van der Waals surface area (Å²) in [6, 6.07) is 0.596. The van der Waals surface area contributed by atoms with Crippen LogP contribution in [0.25, 0.3) is 0 Å². The van der Waals surface area contributed by atoms with Crippen LogP contribution in [0.15, 0.2) is 0 Å². The van der Waals surface area contributed by atoms with Gasteiger partial charge in [0.25, 0.3) is 0 Å². The standard InChI is InChI=1S/C12H27NO2/c1-6-9-11(4)13(5)10-12(14-7-2)15-8-3/h11-12H,6-10H2,1-5H3. The highest BCUT2D eigenvalue weighted by Gasteiger charge is 2.15. The number of hydrogen-bond acceptors (Lipinski definition) is 3. The molecule has 0 aliphatic heterocycles. The van der Waals surface area contributed by atoms with Crippen molar-refractivity contribution >= 4 is 0 Å². The van der Waals surface area contributed by atoms with Gasteiger partial charge >= 0.3 is 0 Å². The smallest absolute Gasteiger partial charge is 0.170 e. The quantitative estimate of drug-likeness (QED) is 0.554. The Balaban J connectivity index is 3.91. The minimum Gasteiger partial charge on any atom is -0.352 e. The zero-order chi connectivity index (χ0) is 11.7. The molecule has 1 atom stereocenters. The first-order chi connectivity index (χ1) is 7.15. The van der Waals surface area contributed by atoms with E-state index in [1.807, 2.05) is 13.8 Å². The molecule has 0 aromatic carbocycles. The monoisotopic (exact) mass is 217 g/mol. The second-order valence-corrected chi connectivity index (χ2v) is 3.92. The van der Waals surface area contributed by atoms with E-state index in [0.29, 0.717) is 19.3 Å². The van der Waals surface area contributed by atoms with Gasteiger partial charge in [0.15, 0.2) is 6.29 Å². The largest absolute Gasteiger partial charge is 0.352 e. The van der Waals surface area contributed by atoms with Gasteiger partial charge in [-0.2, -0.15) is 0 Å². The van der Waals surface area contributed by atoms with Crippen LogP contribution in [0.5, 0.6) is 0 Å². The van der Waals surface area contributed by atoms with Crippen molar-refractivity contribution < 1.29 is 9.47 Å². The molecule has 0 aromatic rings. The molecule has 0 aliphatic carbocycles. The van der Waals surface area contributed by atoms with Crippen molar-refractivity contribution in [3.63, 3.8) is 0 Å². The molecular weight excluding hydrogens is 190 g/mol. The maximum Gasteiger partial charge on any atom is 0.170 e. The van der Waals surface area contributed by atoms with Crippen molar-refractivity contribution in [1.29, 1.82) is 0 Å². The Kier molecular flexibility index (Phi) is 9.06. The van der Waals surface area contributed by atoms with Crippen LogP contribution in [0.1, 0.15) is 40.5 Å². The molecule has 0 heterocycles. The molecule has 3 heteroatoms. The number of likely N-dealkylation sites (N-methyl/N-ethyl adjacent to an activating group) is 1. The van der Waals surface area contributed by atoms with E-state index in [1.165, 1.54) is 12.8 Å². The van der Waals surface area contributed by atoms with Crippen LogP contribution in [0.3, 0.4) is 0 Å². The van der Waals surface area contributed by atoms with Gasteiger partial charge in [0.2, 0.25) is 0 Å². The lowest BCUT2D eigenvalue weighted by Crippen LogP contribution is -2.38. The first-order valence-corrected chi connectivity index (χ1v) is 6.09. The van der Waals surface area contributed by atoms with Crippen LogP contribution in [0, 0.1) is 0 Å². The van der Waals surface area contributed by atoms with Gasteiger partial charge in [0.1, 0.15) is 0 Å². The van der Waals surface area contributed by atoms with Gasteiger partial charge in [0, 0.05) is 25.8 Å². The van der Waals surface area contributed by atoms with E-state index in [0.717, 1.165) is 6.54 Å². The lowest BCUT2D eigenvalue weighted by Gasteiger charge is -2.28. The van der Waals surface area contributed by atoms with Gasteiger partial charge in [-0.3, -0.25) is 4.90 Å². The summed E-state index contributed by atoms with van der Waals surface area (Å²) in [7, 11) is 2.13. The number of ether oxygens (including phenoxy) is 2. The summed E-state index contributed by atoms with van der Waals surface area (Å²) in [6.07, 6.45) is 2.37. The molecule has 15 heavy (non-hydrogen) atoms. The highest BCUT2D eigenvalue weighted by atomic mass is 16.7. The lowest BCUT2D eigenvalue weighted by atomic mass is 10.2. The first-order valence-electron chi connectivity index (χ1n) is 6.09. The van der Waals surface area contributed by atoms with Crippen LogP contribution in [0.4, 0.5) is 0 Å². The molecule has 0 fully saturated rings. The van der Waals surface area contributed by atoms with Gasteiger partial charge in [-0.15, -0.1) is 0 Å². The normalized spacial score (nSPS) is 13.8. The summed E-state index contributed by atoms with van der Waals surface area (Å²) in [6.45, 7) is 10.7. The van der Waals surface area contributed by atoms with Gasteiger partial charge in [-0.1, -0.05) is 13.3 Å². The summed E-state index contributed by atoms with van der Waals surface area (Å²) < 4.78 is 11.0. The highest BCUT2D eigenvalue weighted by molar-refractivity contribution is 4.64. The van der Waals surface area contributed by atoms with E-state index in [2.05, 4.69) is 25.8 Å². The second-order valence-electron chi connectivity index (χ2n) is 3.92. The SMILES string of the molecule is CCCC(C)N(C)CC(OCC)OCC. The molecule has 0 aromatic heterocycles. The van der Waals surface area contributed by atoms with Crippen molar-refractivity contribution in [1.82, 2.24) is 4.90 Å². The van der Waals surface area contributed by atoms with E-state index in [1.54, 1.807) is 0 Å². The lowest BCUT2D eigenvalue weighted by molar-refractivity contribution is -0.147.